The van der Waals surface area contributed by atoms with E-state index in [-0.39, 0.29) is 5.97 Å². The molecule has 0 bridgehead atoms. The van der Waals surface area contributed by atoms with Gasteiger partial charge in [0.1, 0.15) is 0 Å². The standard InChI is InChI=1S/C17H31BrO3/c1-2-3-4-6-9-14-20-15-11-12-17(19)21-16-10-7-5-8-13-18/h6,9H,2-5,7-8,10-16H2,1H3/b9-6+. The van der Waals surface area contributed by atoms with E-state index < -0.39 is 0 Å². The Morgan fingerprint density at radius 1 is 1.00 bits per heavy atom. The van der Waals surface area contributed by atoms with Gasteiger partial charge in [0.15, 0.2) is 0 Å². The summed E-state index contributed by atoms with van der Waals surface area (Å²) in [5.41, 5.74) is 0. The summed E-state index contributed by atoms with van der Waals surface area (Å²) in [4.78, 5) is 11.4. The minimum absolute atomic E-state index is 0.0995. The number of carbonyl (C=O) groups excluding carboxylic acids is 1. The lowest BCUT2D eigenvalue weighted by molar-refractivity contribution is -0.144. The van der Waals surface area contributed by atoms with Crippen molar-refractivity contribution in [2.75, 3.05) is 25.2 Å². The number of allylic oxidation sites excluding steroid dienone is 1. The number of esters is 1. The maximum atomic E-state index is 11.4. The van der Waals surface area contributed by atoms with Crippen LogP contribution in [0.3, 0.4) is 0 Å². The third kappa shape index (κ3) is 17.6. The van der Waals surface area contributed by atoms with Gasteiger partial charge in [-0.3, -0.25) is 4.79 Å². The van der Waals surface area contributed by atoms with Gasteiger partial charge in [-0.2, -0.15) is 0 Å². The highest BCUT2D eigenvalue weighted by molar-refractivity contribution is 9.09. The lowest BCUT2D eigenvalue weighted by atomic mass is 10.2. The zero-order chi connectivity index (χ0) is 15.6. The first kappa shape index (κ1) is 20.6. The first-order valence-electron chi connectivity index (χ1n) is 8.25. The molecule has 0 saturated heterocycles. The number of unbranched alkanes of at least 4 members (excludes halogenated alkanes) is 5. The second kappa shape index (κ2) is 17.7. The number of rotatable bonds is 15. The summed E-state index contributed by atoms with van der Waals surface area (Å²) >= 11 is 3.40. The molecule has 0 aromatic carbocycles. The highest BCUT2D eigenvalue weighted by atomic mass is 79.9. The summed E-state index contributed by atoms with van der Waals surface area (Å²) in [5.74, 6) is -0.0995. The molecule has 0 aromatic heterocycles. The van der Waals surface area contributed by atoms with Gasteiger partial charge in [0.2, 0.25) is 0 Å². The highest BCUT2D eigenvalue weighted by Gasteiger charge is 2.02. The van der Waals surface area contributed by atoms with E-state index >= 15 is 0 Å². The Labute approximate surface area is 138 Å². The molecule has 0 N–H and O–H groups in total. The highest BCUT2D eigenvalue weighted by Crippen LogP contribution is 2.03. The molecule has 124 valence electrons. The molecule has 0 atom stereocenters. The van der Waals surface area contributed by atoms with Crippen molar-refractivity contribution in [3.05, 3.63) is 12.2 Å². The van der Waals surface area contributed by atoms with E-state index in [1.54, 1.807) is 0 Å². The van der Waals surface area contributed by atoms with Crippen molar-refractivity contribution in [2.45, 2.75) is 64.7 Å². The van der Waals surface area contributed by atoms with Crippen molar-refractivity contribution in [3.8, 4) is 0 Å². The van der Waals surface area contributed by atoms with Gasteiger partial charge in [-0.25, -0.2) is 0 Å². The molecule has 0 aliphatic heterocycles. The van der Waals surface area contributed by atoms with E-state index in [0.717, 1.165) is 31.0 Å². The van der Waals surface area contributed by atoms with Crippen molar-refractivity contribution in [1.29, 1.82) is 0 Å². The van der Waals surface area contributed by atoms with Crippen LogP contribution in [0.5, 0.6) is 0 Å². The predicted octanol–water partition coefficient (Wildman–Crippen LogP) is 5.03. The van der Waals surface area contributed by atoms with Gasteiger partial charge in [-0.15, -0.1) is 0 Å². The van der Waals surface area contributed by atoms with Crippen LogP contribution in [-0.2, 0) is 14.3 Å². The number of hydrogen-bond acceptors (Lipinski definition) is 3. The summed E-state index contributed by atoms with van der Waals surface area (Å²) in [5, 5.41) is 1.06. The van der Waals surface area contributed by atoms with E-state index in [1.165, 1.54) is 25.7 Å². The van der Waals surface area contributed by atoms with Crippen molar-refractivity contribution in [2.24, 2.45) is 0 Å². The molecule has 0 spiro atoms. The normalized spacial score (nSPS) is 11.1. The van der Waals surface area contributed by atoms with Crippen LogP contribution in [0.25, 0.3) is 0 Å². The molecule has 0 saturated carbocycles. The van der Waals surface area contributed by atoms with E-state index in [2.05, 4.69) is 35.0 Å². The van der Waals surface area contributed by atoms with E-state index in [0.29, 0.717) is 26.2 Å². The van der Waals surface area contributed by atoms with Crippen LogP contribution >= 0.6 is 15.9 Å². The molecule has 0 aromatic rings. The average Bonchev–Trinajstić information content (AvgIpc) is 2.49. The van der Waals surface area contributed by atoms with Crippen LogP contribution in [0.1, 0.15) is 64.7 Å². The van der Waals surface area contributed by atoms with E-state index in [1.807, 2.05) is 0 Å². The van der Waals surface area contributed by atoms with Gasteiger partial charge < -0.3 is 9.47 Å². The van der Waals surface area contributed by atoms with Gasteiger partial charge in [-0.05, 0) is 25.7 Å². The minimum atomic E-state index is -0.0995. The molecule has 21 heavy (non-hydrogen) atoms. The van der Waals surface area contributed by atoms with E-state index in [4.69, 9.17) is 9.47 Å². The Hall–Kier alpha value is -0.350. The van der Waals surface area contributed by atoms with Crippen molar-refractivity contribution in [1.82, 2.24) is 0 Å². The average molecular weight is 363 g/mol. The first-order valence-corrected chi connectivity index (χ1v) is 9.37. The number of ether oxygens (including phenoxy) is 2. The number of halogens is 1. The van der Waals surface area contributed by atoms with Gasteiger partial charge in [0.25, 0.3) is 0 Å². The SMILES string of the molecule is CCCC/C=C/COCCCC(=O)OCCCCCCBr. The van der Waals surface area contributed by atoms with Crippen LogP contribution in [0.15, 0.2) is 12.2 Å². The van der Waals surface area contributed by atoms with Crippen molar-refractivity contribution < 1.29 is 14.3 Å². The van der Waals surface area contributed by atoms with E-state index in [9.17, 15) is 4.79 Å². The predicted molar refractivity (Wildman–Crippen MR) is 91.9 cm³/mol. The fourth-order valence-electron chi connectivity index (χ4n) is 1.79. The van der Waals surface area contributed by atoms with Crippen molar-refractivity contribution >= 4 is 21.9 Å². The van der Waals surface area contributed by atoms with Crippen LogP contribution in [0, 0.1) is 0 Å². The monoisotopic (exact) mass is 362 g/mol. The summed E-state index contributed by atoms with van der Waals surface area (Å²) < 4.78 is 10.6. The van der Waals surface area contributed by atoms with Crippen LogP contribution < -0.4 is 0 Å². The molecule has 0 aliphatic rings. The summed E-state index contributed by atoms with van der Waals surface area (Å²) in [6, 6.07) is 0. The second-order valence-electron chi connectivity index (χ2n) is 5.12. The molecule has 0 aliphatic carbocycles. The Bertz CT molecular complexity index is 254. The largest absolute Gasteiger partial charge is 0.466 e. The topological polar surface area (TPSA) is 35.5 Å². The number of alkyl halides is 1. The molecule has 4 heteroatoms. The van der Waals surface area contributed by atoms with Crippen LogP contribution in [0.4, 0.5) is 0 Å². The van der Waals surface area contributed by atoms with Crippen molar-refractivity contribution in [3.63, 3.8) is 0 Å². The second-order valence-corrected chi connectivity index (χ2v) is 5.91. The Balaban J connectivity index is 3.21. The Morgan fingerprint density at radius 2 is 1.81 bits per heavy atom. The maximum Gasteiger partial charge on any atom is 0.305 e. The molecular weight excluding hydrogens is 332 g/mol. The third-order valence-corrected chi connectivity index (χ3v) is 3.63. The zero-order valence-corrected chi connectivity index (χ0v) is 15.0. The molecule has 0 unspecified atom stereocenters. The molecule has 0 fully saturated rings. The lowest BCUT2D eigenvalue weighted by Crippen LogP contribution is -2.07. The minimum Gasteiger partial charge on any atom is -0.466 e. The van der Waals surface area contributed by atoms with Crippen LogP contribution in [-0.4, -0.2) is 31.1 Å². The van der Waals surface area contributed by atoms with Gasteiger partial charge in [-0.1, -0.05) is 60.7 Å². The molecule has 0 radical (unpaired) electrons. The Kier molecular flexibility index (Phi) is 17.4. The molecular formula is C17H31BrO3. The fourth-order valence-corrected chi connectivity index (χ4v) is 2.18. The van der Waals surface area contributed by atoms with Crippen LogP contribution in [0.2, 0.25) is 0 Å². The van der Waals surface area contributed by atoms with Gasteiger partial charge in [0.05, 0.1) is 13.2 Å². The third-order valence-electron chi connectivity index (χ3n) is 3.07. The summed E-state index contributed by atoms with van der Waals surface area (Å²) in [6.07, 6.45) is 13.5. The maximum absolute atomic E-state index is 11.4. The van der Waals surface area contributed by atoms with Gasteiger partial charge >= 0.3 is 5.97 Å². The summed E-state index contributed by atoms with van der Waals surface area (Å²) in [7, 11) is 0. The molecule has 3 nitrogen and oxygen atoms in total. The number of hydrogen-bond donors (Lipinski definition) is 0. The lowest BCUT2D eigenvalue weighted by Gasteiger charge is -2.05. The van der Waals surface area contributed by atoms with Gasteiger partial charge in [0, 0.05) is 18.4 Å². The Morgan fingerprint density at radius 3 is 2.57 bits per heavy atom. The smallest absolute Gasteiger partial charge is 0.305 e. The number of carbonyl (C=O) groups is 1. The summed E-state index contributed by atoms with van der Waals surface area (Å²) in [6.45, 7) is 4.01. The molecule has 0 amide bonds. The zero-order valence-electron chi connectivity index (χ0n) is 13.4. The quantitative estimate of drug-likeness (QED) is 0.177. The first-order chi connectivity index (χ1) is 10.3. The molecule has 0 heterocycles. The fraction of sp³-hybridized carbons (Fsp3) is 0.824. The molecule has 0 rings (SSSR count).